The number of imidazole rings is 1. The lowest BCUT2D eigenvalue weighted by Gasteiger charge is -2.23. The number of guanidine groups is 1. The molecule has 0 bridgehead atoms. The predicted molar refractivity (Wildman–Crippen MR) is 87.3 cm³/mol. The van der Waals surface area contributed by atoms with E-state index in [1.807, 2.05) is 48.5 Å². The Bertz CT molecular complexity index is 867. The molecule has 4 rings (SSSR count). The van der Waals surface area contributed by atoms with Gasteiger partial charge in [0.05, 0.1) is 11.0 Å². The molecule has 6 heteroatoms. The molecular weight excluding hydrogens is 330 g/mol. The Labute approximate surface area is 129 Å². The molecule has 1 aromatic heterocycles. The monoisotopic (exact) mass is 341 g/mol. The Hall–Kier alpha value is -2.34. The summed E-state index contributed by atoms with van der Waals surface area (Å²) in [4.78, 5) is 9.12. The Morgan fingerprint density at radius 1 is 1.14 bits per heavy atom. The van der Waals surface area contributed by atoms with Crippen LogP contribution in [0.3, 0.4) is 0 Å². The molecule has 21 heavy (non-hydrogen) atoms. The van der Waals surface area contributed by atoms with E-state index in [1.165, 1.54) is 0 Å². The molecule has 3 aromatic rings. The molecule has 1 aliphatic rings. The van der Waals surface area contributed by atoms with Crippen LogP contribution in [0, 0.1) is 0 Å². The van der Waals surface area contributed by atoms with Gasteiger partial charge in [-0.15, -0.1) is 0 Å². The summed E-state index contributed by atoms with van der Waals surface area (Å²) >= 11 is 3.50. The highest BCUT2D eigenvalue weighted by atomic mass is 79.9. The zero-order valence-corrected chi connectivity index (χ0v) is 12.6. The van der Waals surface area contributed by atoms with Crippen LogP contribution in [-0.2, 0) is 0 Å². The second-order valence-corrected chi connectivity index (χ2v) is 5.78. The lowest BCUT2D eigenvalue weighted by molar-refractivity contribution is 0.626. The van der Waals surface area contributed by atoms with E-state index in [4.69, 9.17) is 5.73 Å². The molecule has 0 saturated heterocycles. The first kappa shape index (κ1) is 12.4. The van der Waals surface area contributed by atoms with Crippen molar-refractivity contribution >= 4 is 38.9 Å². The number of halogens is 1. The number of para-hydroxylation sites is 2. The molecule has 0 radical (unpaired) electrons. The standard InChI is InChI=1S/C15H12BrN5/c16-10-5-3-4-9(8-10)13-19-14(17)20-15-18-11-6-1-2-7-12(11)21(13)15/h1-8,13H,(H3,17,18,19,20)/t13-/m1/s1. The highest BCUT2D eigenvalue weighted by Crippen LogP contribution is 2.32. The molecule has 0 unspecified atom stereocenters. The van der Waals surface area contributed by atoms with Gasteiger partial charge in [0.15, 0.2) is 12.1 Å². The Morgan fingerprint density at radius 3 is 2.86 bits per heavy atom. The number of fused-ring (bicyclic) bond motifs is 3. The highest BCUT2D eigenvalue weighted by molar-refractivity contribution is 9.10. The fourth-order valence-electron chi connectivity index (χ4n) is 2.61. The summed E-state index contributed by atoms with van der Waals surface area (Å²) in [6.45, 7) is 0. The van der Waals surface area contributed by atoms with E-state index < -0.39 is 0 Å². The van der Waals surface area contributed by atoms with Crippen molar-refractivity contribution in [2.24, 2.45) is 10.7 Å². The molecular formula is C15H12BrN5. The first-order valence-corrected chi connectivity index (χ1v) is 7.34. The SMILES string of the molecule is NC1=N[C@@H](c2cccc(Br)c2)n2c(nc3ccccc32)N1. The summed E-state index contributed by atoms with van der Waals surface area (Å²) < 4.78 is 3.08. The van der Waals surface area contributed by atoms with Gasteiger partial charge in [-0.1, -0.05) is 40.2 Å². The summed E-state index contributed by atoms with van der Waals surface area (Å²) in [5.41, 5.74) is 8.92. The number of aliphatic imine (C=N–C) groups is 1. The minimum atomic E-state index is -0.217. The average Bonchev–Trinajstić information content (AvgIpc) is 2.84. The molecule has 104 valence electrons. The molecule has 0 spiro atoms. The zero-order valence-electron chi connectivity index (χ0n) is 11.0. The summed E-state index contributed by atoms with van der Waals surface area (Å²) in [7, 11) is 0. The number of hydrogen-bond donors (Lipinski definition) is 2. The lowest BCUT2D eigenvalue weighted by Crippen LogP contribution is -2.31. The number of anilines is 1. The van der Waals surface area contributed by atoms with Crippen molar-refractivity contribution in [2.45, 2.75) is 6.17 Å². The van der Waals surface area contributed by atoms with E-state index in [0.717, 1.165) is 21.1 Å². The van der Waals surface area contributed by atoms with Crippen LogP contribution in [-0.4, -0.2) is 15.5 Å². The van der Waals surface area contributed by atoms with Crippen molar-refractivity contribution in [3.05, 3.63) is 58.6 Å². The minimum Gasteiger partial charge on any atom is -0.370 e. The second kappa shape index (κ2) is 4.60. The normalized spacial score (nSPS) is 17.2. The molecule has 5 nitrogen and oxygen atoms in total. The first-order valence-electron chi connectivity index (χ1n) is 6.55. The molecule has 2 aromatic carbocycles. The van der Waals surface area contributed by atoms with E-state index in [-0.39, 0.29) is 6.17 Å². The van der Waals surface area contributed by atoms with Gasteiger partial charge in [-0.05, 0) is 29.8 Å². The second-order valence-electron chi connectivity index (χ2n) is 4.86. The van der Waals surface area contributed by atoms with Crippen molar-refractivity contribution in [2.75, 3.05) is 5.32 Å². The van der Waals surface area contributed by atoms with Gasteiger partial charge in [0.2, 0.25) is 5.95 Å². The lowest BCUT2D eigenvalue weighted by atomic mass is 10.1. The first-order chi connectivity index (χ1) is 10.2. The molecule has 0 saturated carbocycles. The predicted octanol–water partition coefficient (Wildman–Crippen LogP) is 3.09. The smallest absolute Gasteiger partial charge is 0.212 e. The largest absolute Gasteiger partial charge is 0.370 e. The quantitative estimate of drug-likeness (QED) is 0.714. The van der Waals surface area contributed by atoms with Crippen molar-refractivity contribution in [1.82, 2.24) is 9.55 Å². The van der Waals surface area contributed by atoms with Crippen LogP contribution >= 0.6 is 15.9 Å². The maximum absolute atomic E-state index is 5.91. The van der Waals surface area contributed by atoms with Crippen molar-refractivity contribution in [1.29, 1.82) is 0 Å². The highest BCUT2D eigenvalue weighted by Gasteiger charge is 2.24. The number of benzene rings is 2. The molecule has 3 N–H and O–H groups in total. The fourth-order valence-corrected chi connectivity index (χ4v) is 3.02. The van der Waals surface area contributed by atoms with E-state index in [0.29, 0.717) is 11.9 Å². The molecule has 0 amide bonds. The topological polar surface area (TPSA) is 68.2 Å². The average molecular weight is 342 g/mol. The third-order valence-electron chi connectivity index (χ3n) is 3.49. The van der Waals surface area contributed by atoms with Gasteiger partial charge in [-0.25, -0.2) is 9.98 Å². The van der Waals surface area contributed by atoms with Gasteiger partial charge in [-0.3, -0.25) is 9.88 Å². The van der Waals surface area contributed by atoms with Crippen LogP contribution in [0.15, 0.2) is 58.0 Å². The van der Waals surface area contributed by atoms with E-state index in [1.54, 1.807) is 0 Å². The van der Waals surface area contributed by atoms with Crippen LogP contribution in [0.5, 0.6) is 0 Å². The van der Waals surface area contributed by atoms with Gasteiger partial charge >= 0.3 is 0 Å². The Balaban J connectivity index is 1.97. The number of hydrogen-bond acceptors (Lipinski definition) is 4. The van der Waals surface area contributed by atoms with Crippen LogP contribution in [0.25, 0.3) is 11.0 Å². The third-order valence-corrected chi connectivity index (χ3v) is 3.98. The summed E-state index contributed by atoms with van der Waals surface area (Å²) in [6, 6.07) is 16.1. The van der Waals surface area contributed by atoms with E-state index in [2.05, 4.69) is 35.8 Å². The molecule has 0 aliphatic carbocycles. The number of nitrogens with one attached hydrogen (secondary N) is 1. The van der Waals surface area contributed by atoms with Gasteiger partial charge in [0.1, 0.15) is 0 Å². The summed E-state index contributed by atoms with van der Waals surface area (Å²) in [5.74, 6) is 1.09. The van der Waals surface area contributed by atoms with Crippen LogP contribution in [0.2, 0.25) is 0 Å². The van der Waals surface area contributed by atoms with Gasteiger partial charge in [0.25, 0.3) is 0 Å². The van der Waals surface area contributed by atoms with Gasteiger partial charge in [-0.2, -0.15) is 0 Å². The van der Waals surface area contributed by atoms with Crippen molar-refractivity contribution in [3.8, 4) is 0 Å². The zero-order chi connectivity index (χ0) is 14.4. The number of nitrogens with zero attached hydrogens (tertiary/aromatic N) is 3. The Kier molecular flexibility index (Phi) is 2.71. The summed E-state index contributed by atoms with van der Waals surface area (Å²) in [6.07, 6.45) is -0.217. The minimum absolute atomic E-state index is 0.217. The van der Waals surface area contributed by atoms with Crippen LogP contribution in [0.1, 0.15) is 11.7 Å². The molecule has 0 fully saturated rings. The maximum Gasteiger partial charge on any atom is 0.212 e. The fraction of sp³-hybridized carbons (Fsp3) is 0.0667. The van der Waals surface area contributed by atoms with Crippen LogP contribution < -0.4 is 11.1 Å². The van der Waals surface area contributed by atoms with Gasteiger partial charge in [0, 0.05) is 4.47 Å². The van der Waals surface area contributed by atoms with E-state index >= 15 is 0 Å². The van der Waals surface area contributed by atoms with Crippen molar-refractivity contribution < 1.29 is 0 Å². The molecule has 1 aliphatic heterocycles. The molecule has 1 atom stereocenters. The number of nitrogens with two attached hydrogens (primary N) is 1. The van der Waals surface area contributed by atoms with Gasteiger partial charge < -0.3 is 5.73 Å². The third kappa shape index (κ3) is 1.99. The van der Waals surface area contributed by atoms with Crippen LogP contribution in [0.4, 0.5) is 5.95 Å². The number of rotatable bonds is 1. The van der Waals surface area contributed by atoms with E-state index in [9.17, 15) is 0 Å². The van der Waals surface area contributed by atoms with Crippen molar-refractivity contribution in [3.63, 3.8) is 0 Å². The maximum atomic E-state index is 5.91. The summed E-state index contributed by atoms with van der Waals surface area (Å²) in [5, 5.41) is 3.03. The number of aromatic nitrogens is 2. The Morgan fingerprint density at radius 2 is 2.00 bits per heavy atom. The molecule has 2 heterocycles.